The summed E-state index contributed by atoms with van der Waals surface area (Å²) in [6, 6.07) is 20.2. The van der Waals surface area contributed by atoms with Crippen molar-refractivity contribution in [1.82, 2.24) is 0 Å². The highest BCUT2D eigenvalue weighted by molar-refractivity contribution is 5.81. The van der Waals surface area contributed by atoms with Gasteiger partial charge in [0.05, 0.1) is 6.10 Å². The molecule has 0 heterocycles. The van der Waals surface area contributed by atoms with Gasteiger partial charge in [-0.3, -0.25) is 4.79 Å². The molecule has 2 rings (SSSR count). The van der Waals surface area contributed by atoms with Gasteiger partial charge in [-0.1, -0.05) is 60.7 Å². The number of methoxy groups -OCH3 is 1. The first-order valence-corrected chi connectivity index (χ1v) is 7.40. The predicted molar refractivity (Wildman–Crippen MR) is 85.3 cm³/mol. The van der Waals surface area contributed by atoms with Crippen molar-refractivity contribution in [3.8, 4) is 0 Å². The number of hydrogen-bond donors (Lipinski definition) is 0. The Kier molecular flexibility index (Phi) is 6.17. The summed E-state index contributed by atoms with van der Waals surface area (Å²) < 4.78 is 5.46. The van der Waals surface area contributed by atoms with Crippen molar-refractivity contribution in [2.75, 3.05) is 7.11 Å². The van der Waals surface area contributed by atoms with Crippen LogP contribution in [0.25, 0.3) is 0 Å². The molecule has 0 fully saturated rings. The van der Waals surface area contributed by atoms with E-state index in [9.17, 15) is 4.79 Å². The molecule has 1 unspecified atom stereocenters. The van der Waals surface area contributed by atoms with Crippen molar-refractivity contribution >= 4 is 5.78 Å². The number of hydrogen-bond acceptors (Lipinski definition) is 2. The minimum absolute atomic E-state index is 0.00131. The Hall–Kier alpha value is -1.93. The third-order valence-corrected chi connectivity index (χ3v) is 3.63. The summed E-state index contributed by atoms with van der Waals surface area (Å²) >= 11 is 0. The Morgan fingerprint density at radius 2 is 1.52 bits per heavy atom. The molecule has 0 saturated heterocycles. The first-order chi connectivity index (χ1) is 10.3. The summed E-state index contributed by atoms with van der Waals surface area (Å²) in [6.45, 7) is 0. The molecule has 0 aromatic heterocycles. The average Bonchev–Trinajstić information content (AvgIpc) is 2.53. The van der Waals surface area contributed by atoms with Crippen molar-refractivity contribution in [1.29, 1.82) is 0 Å². The van der Waals surface area contributed by atoms with Gasteiger partial charge >= 0.3 is 0 Å². The number of Topliss-reactive ketones (excluding diaryl/α,β-unsaturated/α-hetero) is 1. The van der Waals surface area contributed by atoms with E-state index in [1.807, 2.05) is 48.5 Å². The molecule has 0 saturated carbocycles. The molecule has 2 aromatic carbocycles. The average molecular weight is 282 g/mol. The molecule has 110 valence electrons. The van der Waals surface area contributed by atoms with Gasteiger partial charge in [0.15, 0.2) is 0 Å². The van der Waals surface area contributed by atoms with Gasteiger partial charge in [-0.15, -0.1) is 0 Å². The van der Waals surface area contributed by atoms with Crippen LogP contribution in [0.3, 0.4) is 0 Å². The van der Waals surface area contributed by atoms with Crippen LogP contribution in [0.5, 0.6) is 0 Å². The van der Waals surface area contributed by atoms with Gasteiger partial charge in [0, 0.05) is 20.0 Å². The van der Waals surface area contributed by atoms with E-state index in [0.29, 0.717) is 12.8 Å². The summed E-state index contributed by atoms with van der Waals surface area (Å²) in [5.41, 5.74) is 2.36. The Labute approximate surface area is 126 Å². The van der Waals surface area contributed by atoms with Crippen LogP contribution in [0.1, 0.15) is 24.0 Å². The molecule has 0 radical (unpaired) electrons. The molecule has 0 aliphatic heterocycles. The number of ketones is 1. The van der Waals surface area contributed by atoms with Crippen molar-refractivity contribution in [2.45, 2.75) is 31.8 Å². The molecule has 2 heteroatoms. The van der Waals surface area contributed by atoms with Crippen LogP contribution in [-0.2, 0) is 22.4 Å². The zero-order chi connectivity index (χ0) is 14.9. The topological polar surface area (TPSA) is 26.3 Å². The Morgan fingerprint density at radius 1 is 0.952 bits per heavy atom. The van der Waals surface area contributed by atoms with E-state index in [1.165, 1.54) is 5.56 Å². The number of benzene rings is 2. The van der Waals surface area contributed by atoms with Crippen LogP contribution in [0.4, 0.5) is 0 Å². The third-order valence-electron chi connectivity index (χ3n) is 3.63. The second kappa shape index (κ2) is 8.38. The SMILES string of the molecule is COC(CCc1ccccc1)CC(=O)Cc1ccccc1. The van der Waals surface area contributed by atoms with Gasteiger partial charge in [-0.25, -0.2) is 0 Å². The molecule has 0 aliphatic rings. The zero-order valence-corrected chi connectivity index (χ0v) is 12.5. The highest BCUT2D eigenvalue weighted by Gasteiger charge is 2.13. The lowest BCUT2D eigenvalue weighted by Crippen LogP contribution is -2.18. The Morgan fingerprint density at radius 3 is 2.10 bits per heavy atom. The van der Waals surface area contributed by atoms with Crippen molar-refractivity contribution in [3.63, 3.8) is 0 Å². The van der Waals surface area contributed by atoms with Crippen LogP contribution < -0.4 is 0 Å². The van der Waals surface area contributed by atoms with Gasteiger partial charge in [0.25, 0.3) is 0 Å². The minimum atomic E-state index is 0.00131. The van der Waals surface area contributed by atoms with Gasteiger partial charge in [-0.05, 0) is 24.0 Å². The largest absolute Gasteiger partial charge is 0.381 e. The fraction of sp³-hybridized carbons (Fsp3) is 0.316. The lowest BCUT2D eigenvalue weighted by Gasteiger charge is -2.14. The summed E-state index contributed by atoms with van der Waals surface area (Å²) in [4.78, 5) is 12.1. The fourth-order valence-corrected chi connectivity index (χ4v) is 2.43. The van der Waals surface area contributed by atoms with Crippen molar-refractivity contribution in [2.24, 2.45) is 0 Å². The van der Waals surface area contributed by atoms with E-state index in [0.717, 1.165) is 18.4 Å². The second-order valence-corrected chi connectivity index (χ2v) is 5.29. The summed E-state index contributed by atoms with van der Waals surface area (Å²) in [5.74, 6) is 0.237. The molecule has 1 atom stereocenters. The molecule has 0 aliphatic carbocycles. The molecule has 21 heavy (non-hydrogen) atoms. The monoisotopic (exact) mass is 282 g/mol. The zero-order valence-electron chi connectivity index (χ0n) is 12.5. The van der Waals surface area contributed by atoms with Crippen LogP contribution in [0.15, 0.2) is 60.7 Å². The molecule has 2 aromatic rings. The van der Waals surface area contributed by atoms with Gasteiger partial charge in [0.2, 0.25) is 0 Å². The van der Waals surface area contributed by atoms with Gasteiger partial charge in [0.1, 0.15) is 5.78 Å². The normalized spacial score (nSPS) is 12.0. The molecule has 0 bridgehead atoms. The maximum atomic E-state index is 12.1. The second-order valence-electron chi connectivity index (χ2n) is 5.29. The Balaban J connectivity index is 1.80. The summed E-state index contributed by atoms with van der Waals surface area (Å²) in [7, 11) is 1.69. The van der Waals surface area contributed by atoms with Gasteiger partial charge in [-0.2, -0.15) is 0 Å². The maximum Gasteiger partial charge on any atom is 0.139 e. The van der Waals surface area contributed by atoms with E-state index in [-0.39, 0.29) is 11.9 Å². The number of carbonyl (C=O) groups excluding carboxylic acids is 1. The van der Waals surface area contributed by atoms with Crippen LogP contribution in [-0.4, -0.2) is 19.0 Å². The van der Waals surface area contributed by atoms with Crippen LogP contribution in [0, 0.1) is 0 Å². The number of rotatable bonds is 8. The number of aryl methyl sites for hydroxylation is 1. The van der Waals surface area contributed by atoms with Crippen molar-refractivity contribution in [3.05, 3.63) is 71.8 Å². The van der Waals surface area contributed by atoms with E-state index in [2.05, 4.69) is 12.1 Å². The van der Waals surface area contributed by atoms with E-state index in [4.69, 9.17) is 4.74 Å². The molecule has 0 N–H and O–H groups in total. The standard InChI is InChI=1S/C19H22O2/c1-21-19(13-12-16-8-4-2-5-9-16)15-18(20)14-17-10-6-3-7-11-17/h2-11,19H,12-15H2,1H3. The highest BCUT2D eigenvalue weighted by Crippen LogP contribution is 2.12. The highest BCUT2D eigenvalue weighted by atomic mass is 16.5. The van der Waals surface area contributed by atoms with Gasteiger partial charge < -0.3 is 4.74 Å². The predicted octanol–water partition coefficient (Wildman–Crippen LogP) is 3.84. The molecule has 0 spiro atoms. The van der Waals surface area contributed by atoms with Crippen LogP contribution >= 0.6 is 0 Å². The lowest BCUT2D eigenvalue weighted by atomic mass is 10.00. The number of ether oxygens (including phenoxy) is 1. The third kappa shape index (κ3) is 5.52. The quantitative estimate of drug-likeness (QED) is 0.735. The molecular formula is C19H22O2. The summed E-state index contributed by atoms with van der Waals surface area (Å²) in [6.07, 6.45) is 2.80. The van der Waals surface area contributed by atoms with Crippen LogP contribution in [0.2, 0.25) is 0 Å². The first kappa shape index (κ1) is 15.5. The Bertz CT molecular complexity index is 534. The van der Waals surface area contributed by atoms with E-state index in [1.54, 1.807) is 7.11 Å². The lowest BCUT2D eigenvalue weighted by molar-refractivity contribution is -0.120. The molecule has 0 amide bonds. The van der Waals surface area contributed by atoms with E-state index < -0.39 is 0 Å². The number of carbonyl (C=O) groups is 1. The smallest absolute Gasteiger partial charge is 0.139 e. The fourth-order valence-electron chi connectivity index (χ4n) is 2.43. The van der Waals surface area contributed by atoms with E-state index >= 15 is 0 Å². The molecule has 2 nitrogen and oxygen atoms in total. The maximum absolute atomic E-state index is 12.1. The van der Waals surface area contributed by atoms with Crippen molar-refractivity contribution < 1.29 is 9.53 Å². The minimum Gasteiger partial charge on any atom is -0.381 e. The summed E-state index contributed by atoms with van der Waals surface area (Å²) in [5, 5.41) is 0. The molecular weight excluding hydrogens is 260 g/mol. The first-order valence-electron chi connectivity index (χ1n) is 7.40.